The molecule has 0 aliphatic rings. The first-order valence-electron chi connectivity index (χ1n) is 6.20. The van der Waals surface area contributed by atoms with Gasteiger partial charge >= 0.3 is 0 Å². The highest BCUT2D eigenvalue weighted by molar-refractivity contribution is 14.1. The molecule has 0 bridgehead atoms. The molecule has 0 radical (unpaired) electrons. The first-order valence-corrected chi connectivity index (χ1v) is 8.07. The third-order valence-corrected chi connectivity index (χ3v) is 4.28. The Morgan fingerprint density at radius 3 is 2.90 bits per heavy atom. The molecule has 3 aromatic rings. The van der Waals surface area contributed by atoms with E-state index in [4.69, 9.17) is 0 Å². The van der Waals surface area contributed by atoms with Gasteiger partial charge in [-0.1, -0.05) is 22.0 Å². The smallest absolute Gasteiger partial charge is 0.137 e. The second-order valence-corrected chi connectivity index (χ2v) is 6.54. The molecule has 0 saturated carbocycles. The number of hydrogen-bond acceptors (Lipinski definition) is 3. The number of aromatic nitrogens is 1. The van der Waals surface area contributed by atoms with Crippen LogP contribution in [0.2, 0.25) is 0 Å². The van der Waals surface area contributed by atoms with Crippen molar-refractivity contribution in [2.75, 3.05) is 0 Å². The number of benzene rings is 2. The summed E-state index contributed by atoms with van der Waals surface area (Å²) in [7, 11) is 0. The summed E-state index contributed by atoms with van der Waals surface area (Å²) in [5.41, 5.74) is 2.45. The molecule has 3 nitrogen and oxygen atoms in total. The van der Waals surface area contributed by atoms with Crippen LogP contribution in [0, 0.1) is 3.57 Å². The second kappa shape index (κ2) is 6.11. The topological polar surface area (TPSA) is 45.5 Å². The van der Waals surface area contributed by atoms with E-state index >= 15 is 0 Å². The molecular weight excluding hydrogens is 443 g/mol. The fourth-order valence-corrected chi connectivity index (χ4v) is 3.52. The van der Waals surface area contributed by atoms with Gasteiger partial charge in [-0.25, -0.2) is 0 Å². The molecule has 0 aliphatic carbocycles. The third-order valence-electron chi connectivity index (χ3n) is 3.00. The molecule has 1 heterocycles. The lowest BCUT2D eigenvalue weighted by Gasteiger charge is -2.03. The van der Waals surface area contributed by atoms with Crippen molar-refractivity contribution in [2.24, 2.45) is 4.99 Å². The van der Waals surface area contributed by atoms with E-state index in [1.54, 1.807) is 12.4 Å². The van der Waals surface area contributed by atoms with Gasteiger partial charge in [0.15, 0.2) is 0 Å². The molecule has 1 N–H and O–H groups in total. The lowest BCUT2D eigenvalue weighted by molar-refractivity contribution is 0.470. The Balaban J connectivity index is 1.98. The van der Waals surface area contributed by atoms with E-state index in [1.165, 1.54) is 0 Å². The first-order chi connectivity index (χ1) is 10.1. The number of aromatic hydroxyl groups is 1. The van der Waals surface area contributed by atoms with Gasteiger partial charge in [-0.15, -0.1) is 0 Å². The Morgan fingerprint density at radius 2 is 2.05 bits per heavy atom. The fraction of sp³-hybridized carbons (Fsp3) is 0. The van der Waals surface area contributed by atoms with E-state index < -0.39 is 0 Å². The van der Waals surface area contributed by atoms with Crippen LogP contribution in [0.1, 0.15) is 5.56 Å². The van der Waals surface area contributed by atoms with E-state index in [2.05, 4.69) is 48.5 Å². The molecule has 5 heteroatoms. The summed E-state index contributed by atoms with van der Waals surface area (Å²) in [5, 5.41) is 11.1. The quantitative estimate of drug-likeness (QED) is 0.436. The van der Waals surface area contributed by atoms with Gasteiger partial charge < -0.3 is 5.11 Å². The van der Waals surface area contributed by atoms with Crippen molar-refractivity contribution in [3.05, 3.63) is 62.3 Å². The minimum Gasteiger partial charge on any atom is -0.506 e. The number of fused-ring (bicyclic) bond motifs is 1. The Bertz CT molecular complexity index is 849. The molecule has 1 aromatic heterocycles. The molecule has 0 spiro atoms. The van der Waals surface area contributed by atoms with Crippen LogP contribution >= 0.6 is 38.5 Å². The number of halogens is 2. The summed E-state index contributed by atoms with van der Waals surface area (Å²) in [6.45, 7) is 0. The maximum atomic E-state index is 10.0. The van der Waals surface area contributed by atoms with Crippen LogP contribution in [0.3, 0.4) is 0 Å². The number of phenolic OH excluding ortho intramolecular Hbond substituents is 1. The van der Waals surface area contributed by atoms with Gasteiger partial charge in [0.25, 0.3) is 0 Å². The van der Waals surface area contributed by atoms with Crippen molar-refractivity contribution in [1.82, 2.24) is 4.98 Å². The lowest BCUT2D eigenvalue weighted by atomic mass is 10.2. The zero-order chi connectivity index (χ0) is 14.8. The van der Waals surface area contributed by atoms with Crippen molar-refractivity contribution in [2.45, 2.75) is 0 Å². The van der Waals surface area contributed by atoms with E-state index in [1.807, 2.05) is 42.5 Å². The van der Waals surface area contributed by atoms with Gasteiger partial charge in [-0.05, 0) is 59.0 Å². The van der Waals surface area contributed by atoms with Gasteiger partial charge in [0.2, 0.25) is 0 Å². The molecule has 0 amide bonds. The summed E-state index contributed by atoms with van der Waals surface area (Å²) in [5.74, 6) is 0.241. The van der Waals surface area contributed by atoms with Gasteiger partial charge in [-0.3, -0.25) is 9.98 Å². The number of phenols is 1. The minimum atomic E-state index is 0.241. The van der Waals surface area contributed by atoms with Gasteiger partial charge in [0, 0.05) is 27.8 Å². The van der Waals surface area contributed by atoms with Gasteiger partial charge in [0.1, 0.15) is 5.75 Å². The van der Waals surface area contributed by atoms with Crippen molar-refractivity contribution in [1.29, 1.82) is 0 Å². The van der Waals surface area contributed by atoms with Crippen molar-refractivity contribution in [3.8, 4) is 5.75 Å². The molecule has 0 fully saturated rings. The predicted octanol–water partition coefficient (Wildman–Crippen LogP) is 5.06. The highest BCUT2D eigenvalue weighted by Gasteiger charge is 2.05. The Labute approximate surface area is 144 Å². The van der Waals surface area contributed by atoms with E-state index in [0.29, 0.717) is 5.56 Å². The van der Waals surface area contributed by atoms with Crippen LogP contribution in [0.5, 0.6) is 5.75 Å². The predicted molar refractivity (Wildman–Crippen MR) is 97.5 cm³/mol. The fourth-order valence-electron chi connectivity index (χ4n) is 1.97. The molecule has 0 aliphatic heterocycles. The van der Waals surface area contributed by atoms with Crippen LogP contribution in [0.15, 0.2) is 58.1 Å². The third kappa shape index (κ3) is 3.24. The molecular formula is C16H10BrIN2O. The molecule has 104 valence electrons. The molecule has 0 unspecified atom stereocenters. The zero-order valence-corrected chi connectivity index (χ0v) is 14.5. The van der Waals surface area contributed by atoms with Crippen LogP contribution in [-0.2, 0) is 0 Å². The Hall–Kier alpha value is -1.47. The highest BCUT2D eigenvalue weighted by Crippen LogP contribution is 2.28. The SMILES string of the molecule is Oc1c(I)cc(Br)cc1C=Nc1ccc2ncccc2c1. The van der Waals surface area contributed by atoms with Crippen LogP contribution in [0.25, 0.3) is 10.9 Å². The summed E-state index contributed by atoms with van der Waals surface area (Å²) in [6, 6.07) is 13.4. The largest absolute Gasteiger partial charge is 0.506 e. The average molecular weight is 453 g/mol. The van der Waals surface area contributed by atoms with Gasteiger partial charge in [0.05, 0.1) is 14.8 Å². The summed E-state index contributed by atoms with van der Waals surface area (Å²) >= 11 is 5.51. The normalized spacial score (nSPS) is 11.3. The number of aliphatic imine (C=N–C) groups is 1. The highest BCUT2D eigenvalue weighted by atomic mass is 127. The second-order valence-electron chi connectivity index (χ2n) is 4.46. The maximum Gasteiger partial charge on any atom is 0.137 e. The number of nitrogens with zero attached hydrogens (tertiary/aromatic N) is 2. The molecule has 21 heavy (non-hydrogen) atoms. The monoisotopic (exact) mass is 452 g/mol. The van der Waals surface area contributed by atoms with Gasteiger partial charge in [-0.2, -0.15) is 0 Å². The summed E-state index contributed by atoms with van der Waals surface area (Å²) < 4.78 is 1.69. The standard InChI is InChI=1S/C16H10BrIN2O/c17-12-6-11(16(21)14(18)8-12)9-20-13-3-4-15-10(7-13)2-1-5-19-15/h1-9,21H. The van der Waals surface area contributed by atoms with E-state index in [9.17, 15) is 5.11 Å². The molecule has 0 atom stereocenters. The van der Waals surface area contributed by atoms with Crippen molar-refractivity contribution < 1.29 is 5.11 Å². The summed E-state index contributed by atoms with van der Waals surface area (Å²) in [4.78, 5) is 8.71. The van der Waals surface area contributed by atoms with Crippen LogP contribution < -0.4 is 0 Å². The van der Waals surface area contributed by atoms with Crippen LogP contribution in [0.4, 0.5) is 5.69 Å². The lowest BCUT2D eigenvalue weighted by Crippen LogP contribution is -1.86. The molecule has 2 aromatic carbocycles. The first kappa shape index (κ1) is 14.5. The van der Waals surface area contributed by atoms with E-state index in [0.717, 1.165) is 24.6 Å². The molecule has 3 rings (SSSR count). The summed E-state index contributed by atoms with van der Waals surface area (Å²) in [6.07, 6.45) is 3.44. The molecule has 0 saturated heterocycles. The van der Waals surface area contributed by atoms with E-state index in [-0.39, 0.29) is 5.75 Å². The average Bonchev–Trinajstić information content (AvgIpc) is 2.49. The number of pyridine rings is 1. The minimum absolute atomic E-state index is 0.241. The van der Waals surface area contributed by atoms with Crippen LogP contribution in [-0.4, -0.2) is 16.3 Å². The Kier molecular flexibility index (Phi) is 4.21. The maximum absolute atomic E-state index is 10.0. The Morgan fingerprint density at radius 1 is 1.19 bits per heavy atom. The zero-order valence-electron chi connectivity index (χ0n) is 10.8. The number of rotatable bonds is 2. The number of hydrogen-bond donors (Lipinski definition) is 1. The van der Waals surface area contributed by atoms with Crippen molar-refractivity contribution in [3.63, 3.8) is 0 Å². The van der Waals surface area contributed by atoms with Crippen molar-refractivity contribution >= 4 is 61.3 Å².